The predicted molar refractivity (Wildman–Crippen MR) is 82.9 cm³/mol. The highest BCUT2D eigenvalue weighted by Crippen LogP contribution is 2.25. The minimum atomic E-state index is -0.549. The Morgan fingerprint density at radius 3 is 2.75 bits per heavy atom. The van der Waals surface area contributed by atoms with Crippen LogP contribution in [0, 0.1) is 0 Å². The molecule has 3 N–H and O–H groups in total. The zero-order valence-electron chi connectivity index (χ0n) is 11.6. The van der Waals surface area contributed by atoms with Crippen molar-refractivity contribution >= 4 is 17.7 Å². The Morgan fingerprint density at radius 1 is 1.40 bits per heavy atom. The number of rotatable bonds is 7. The van der Waals surface area contributed by atoms with E-state index in [0.717, 1.165) is 18.4 Å². The average Bonchev–Trinajstić information content (AvgIpc) is 2.43. The molecule has 4 heteroatoms. The topological polar surface area (TPSA) is 60.7 Å². The van der Waals surface area contributed by atoms with Crippen LogP contribution in [-0.4, -0.2) is 28.0 Å². The summed E-state index contributed by atoms with van der Waals surface area (Å²) in [7, 11) is 0. The van der Waals surface area contributed by atoms with E-state index in [1.165, 1.54) is 17.7 Å². The van der Waals surface area contributed by atoms with Gasteiger partial charge < -0.3 is 15.3 Å². The molecule has 0 unspecified atom stereocenters. The zero-order chi connectivity index (χ0) is 15.0. The van der Waals surface area contributed by atoms with Gasteiger partial charge in [-0.25, -0.2) is 0 Å². The first-order valence-corrected chi connectivity index (χ1v) is 7.08. The monoisotopic (exact) mass is 296 g/mol. The highest BCUT2D eigenvalue weighted by atomic mass is 35.5. The molecule has 1 rings (SSSR count). The number of aromatic hydroxyl groups is 1. The fourth-order valence-corrected chi connectivity index (χ4v) is 2.08. The van der Waals surface area contributed by atoms with Crippen LogP contribution in [0.25, 0.3) is 6.08 Å². The van der Waals surface area contributed by atoms with E-state index in [0.29, 0.717) is 11.4 Å². The van der Waals surface area contributed by atoms with Gasteiger partial charge in [-0.1, -0.05) is 42.3 Å². The molecule has 0 saturated heterocycles. The van der Waals surface area contributed by atoms with Crippen LogP contribution in [0.4, 0.5) is 0 Å². The van der Waals surface area contributed by atoms with Crippen molar-refractivity contribution in [1.82, 2.24) is 0 Å². The van der Waals surface area contributed by atoms with E-state index in [1.807, 2.05) is 6.08 Å². The number of allylic oxidation sites excluding steroid dienone is 1. The van der Waals surface area contributed by atoms with Crippen LogP contribution >= 0.6 is 11.6 Å². The second-order valence-electron chi connectivity index (χ2n) is 4.58. The van der Waals surface area contributed by atoms with Crippen LogP contribution in [0.3, 0.4) is 0 Å². The van der Waals surface area contributed by atoms with Gasteiger partial charge in [-0.05, 0) is 43.0 Å². The van der Waals surface area contributed by atoms with Crippen molar-refractivity contribution in [3.05, 3.63) is 46.5 Å². The predicted octanol–water partition coefficient (Wildman–Crippen LogP) is 3.53. The Balaban J connectivity index is 2.70. The highest BCUT2D eigenvalue weighted by Gasteiger charge is 2.04. The Hall–Kier alpha value is -1.29. The molecule has 0 spiro atoms. The van der Waals surface area contributed by atoms with Gasteiger partial charge in [0.2, 0.25) is 0 Å². The van der Waals surface area contributed by atoms with Crippen molar-refractivity contribution in [2.45, 2.75) is 32.3 Å². The van der Waals surface area contributed by atoms with Gasteiger partial charge in [0.15, 0.2) is 0 Å². The van der Waals surface area contributed by atoms with Crippen LogP contribution in [-0.2, 0) is 0 Å². The average molecular weight is 297 g/mol. The van der Waals surface area contributed by atoms with Crippen LogP contribution in [0.2, 0.25) is 5.02 Å². The van der Waals surface area contributed by atoms with Crippen LogP contribution in [0.1, 0.15) is 31.7 Å². The Bertz CT molecular complexity index is 481. The maximum Gasteiger partial charge on any atom is 0.117 e. The molecule has 0 radical (unpaired) electrons. The summed E-state index contributed by atoms with van der Waals surface area (Å²) < 4.78 is 0. The van der Waals surface area contributed by atoms with Gasteiger partial charge in [-0.3, -0.25) is 0 Å². The van der Waals surface area contributed by atoms with E-state index in [4.69, 9.17) is 16.7 Å². The van der Waals surface area contributed by atoms with Crippen molar-refractivity contribution in [2.24, 2.45) is 0 Å². The number of phenolic OH excluding ortho intramolecular Hbond substituents is 1. The summed E-state index contributed by atoms with van der Waals surface area (Å²) in [4.78, 5) is 0. The summed E-state index contributed by atoms with van der Waals surface area (Å²) >= 11 is 6.07. The van der Waals surface area contributed by atoms with Crippen molar-refractivity contribution in [3.63, 3.8) is 0 Å². The molecule has 0 bridgehead atoms. The van der Waals surface area contributed by atoms with Crippen molar-refractivity contribution in [1.29, 1.82) is 0 Å². The fourth-order valence-electron chi connectivity index (χ4n) is 1.85. The summed E-state index contributed by atoms with van der Waals surface area (Å²) in [6.45, 7) is 1.99. The summed E-state index contributed by atoms with van der Waals surface area (Å²) in [6.07, 6.45) is 6.80. The van der Waals surface area contributed by atoms with Gasteiger partial charge in [0.05, 0.1) is 17.7 Å². The normalized spacial score (nSPS) is 13.9. The molecule has 0 aliphatic heterocycles. The molecule has 0 aliphatic carbocycles. The third kappa shape index (κ3) is 5.78. The summed E-state index contributed by atoms with van der Waals surface area (Å²) in [5.41, 5.74) is 2.04. The van der Waals surface area contributed by atoms with E-state index in [9.17, 15) is 10.2 Å². The molecule has 1 aromatic carbocycles. The number of halogens is 1. The van der Waals surface area contributed by atoms with Gasteiger partial charge in [-0.2, -0.15) is 0 Å². The summed E-state index contributed by atoms with van der Waals surface area (Å²) in [5.74, 6) is 0.148. The van der Waals surface area contributed by atoms with Gasteiger partial charge in [-0.15, -0.1) is 0 Å². The number of hydrogen-bond acceptors (Lipinski definition) is 3. The lowest BCUT2D eigenvalue weighted by molar-refractivity contribution is 0.211. The van der Waals surface area contributed by atoms with E-state index in [2.05, 4.69) is 6.92 Å². The van der Waals surface area contributed by atoms with E-state index >= 15 is 0 Å². The van der Waals surface area contributed by atoms with Crippen LogP contribution in [0.15, 0.2) is 35.9 Å². The van der Waals surface area contributed by atoms with E-state index < -0.39 is 6.10 Å². The Morgan fingerprint density at radius 2 is 2.15 bits per heavy atom. The molecule has 3 nitrogen and oxygen atoms in total. The molecule has 20 heavy (non-hydrogen) atoms. The molecule has 0 aromatic heterocycles. The summed E-state index contributed by atoms with van der Waals surface area (Å²) in [6, 6.07) is 4.89. The number of phenols is 1. The van der Waals surface area contributed by atoms with Crippen LogP contribution in [0.5, 0.6) is 5.75 Å². The maximum atomic E-state index is 9.70. The minimum absolute atomic E-state index is 0.0589. The first-order valence-electron chi connectivity index (χ1n) is 6.70. The number of aliphatic hydroxyl groups excluding tert-OH is 2. The van der Waals surface area contributed by atoms with Crippen molar-refractivity contribution in [2.75, 3.05) is 6.61 Å². The maximum absolute atomic E-state index is 9.70. The second-order valence-corrected chi connectivity index (χ2v) is 4.99. The molecular weight excluding hydrogens is 276 g/mol. The Kier molecular flexibility index (Phi) is 7.37. The fraction of sp³-hybridized carbons (Fsp3) is 0.375. The van der Waals surface area contributed by atoms with E-state index in [-0.39, 0.29) is 12.4 Å². The smallest absolute Gasteiger partial charge is 0.117 e. The SMILES string of the molecule is CC/C(=C\c1ccc(O)cc1Cl)CC[C@@H](O)/C=C\CO. The minimum Gasteiger partial charge on any atom is -0.508 e. The number of hydrogen-bond donors (Lipinski definition) is 3. The van der Waals surface area contributed by atoms with Crippen molar-refractivity contribution in [3.8, 4) is 5.75 Å². The van der Waals surface area contributed by atoms with Gasteiger partial charge in [0.25, 0.3) is 0 Å². The third-order valence-electron chi connectivity index (χ3n) is 3.02. The van der Waals surface area contributed by atoms with Crippen LogP contribution < -0.4 is 0 Å². The second kappa shape index (κ2) is 8.80. The Labute approximate surface area is 124 Å². The highest BCUT2D eigenvalue weighted by molar-refractivity contribution is 6.32. The van der Waals surface area contributed by atoms with Gasteiger partial charge in [0, 0.05) is 0 Å². The number of aliphatic hydroxyl groups is 2. The van der Waals surface area contributed by atoms with Gasteiger partial charge in [0.1, 0.15) is 5.75 Å². The molecule has 1 atom stereocenters. The molecule has 110 valence electrons. The lowest BCUT2D eigenvalue weighted by Crippen LogP contribution is -2.02. The van der Waals surface area contributed by atoms with E-state index in [1.54, 1.807) is 18.2 Å². The molecule has 0 aliphatic rings. The lowest BCUT2D eigenvalue weighted by atomic mass is 10.0. The standard InChI is InChI=1S/C16H21ClO3/c1-2-12(5-7-14(19)4-3-9-18)10-13-6-8-15(20)11-16(13)17/h3-4,6,8,10-11,14,18-20H,2,5,7,9H2,1H3/b4-3-,12-10+/t14-/m0/s1. The molecule has 0 heterocycles. The molecular formula is C16H21ClO3. The molecule has 1 aromatic rings. The third-order valence-corrected chi connectivity index (χ3v) is 3.35. The quantitative estimate of drug-likeness (QED) is 0.675. The van der Waals surface area contributed by atoms with Gasteiger partial charge >= 0.3 is 0 Å². The molecule has 0 fully saturated rings. The summed E-state index contributed by atoms with van der Waals surface area (Å²) in [5, 5.41) is 28.2. The largest absolute Gasteiger partial charge is 0.508 e. The molecule has 0 saturated carbocycles. The zero-order valence-corrected chi connectivity index (χ0v) is 12.3. The molecule has 0 amide bonds. The first kappa shape index (κ1) is 16.8. The van der Waals surface area contributed by atoms with Crippen molar-refractivity contribution < 1.29 is 15.3 Å². The lowest BCUT2D eigenvalue weighted by Gasteiger charge is -2.09. The first-order chi connectivity index (χ1) is 9.56. The number of benzene rings is 1.